The topological polar surface area (TPSA) is 191 Å². The Morgan fingerprint density at radius 2 is 1.06 bits per heavy atom. The summed E-state index contributed by atoms with van der Waals surface area (Å²) in [7, 11) is 1.44. The third-order valence-electron chi connectivity index (χ3n) is 5.27. The minimum Gasteiger partial charge on any atom is -0.480 e. The van der Waals surface area contributed by atoms with E-state index < -0.39 is 36.5 Å². The van der Waals surface area contributed by atoms with Crippen molar-refractivity contribution >= 4 is 29.8 Å². The lowest BCUT2D eigenvalue weighted by Crippen LogP contribution is -2.53. The summed E-state index contributed by atoms with van der Waals surface area (Å²) in [5.74, 6) is -4.74. The van der Waals surface area contributed by atoms with Gasteiger partial charge in [-0.05, 0) is 0 Å². The molecular weight excluding hydrogens is 442 g/mol. The van der Waals surface area contributed by atoms with Gasteiger partial charge >= 0.3 is 23.9 Å². The van der Waals surface area contributed by atoms with Crippen molar-refractivity contribution in [3.8, 4) is 0 Å². The first-order chi connectivity index (χ1) is 15.5. The van der Waals surface area contributed by atoms with E-state index in [9.17, 15) is 44.4 Å². The maximum Gasteiger partial charge on any atom is 0.317 e. The third kappa shape index (κ3) is 12.1. The van der Waals surface area contributed by atoms with Crippen molar-refractivity contribution in [1.29, 1.82) is 0 Å². The number of nitrogens with zero attached hydrogens (tertiary/aromatic N) is 4. The number of rotatable bonds is 10. The van der Waals surface area contributed by atoms with Crippen LogP contribution in [0.1, 0.15) is 6.42 Å². The zero-order valence-electron chi connectivity index (χ0n) is 18.7. The van der Waals surface area contributed by atoms with Gasteiger partial charge in [0.25, 0.3) is 0 Å². The molecule has 14 nitrogen and oxygen atoms in total. The van der Waals surface area contributed by atoms with Crippen LogP contribution in [-0.2, 0) is 24.0 Å². The summed E-state index contributed by atoms with van der Waals surface area (Å²) in [5.41, 5.74) is 0. The SMILES string of the molecule is CNC(=O)CC1CN(CC(=O)O)CCN(CC(=O)O)CCN(CC(=O)O)CCN1CC(=O)O. The van der Waals surface area contributed by atoms with Crippen molar-refractivity contribution in [2.24, 2.45) is 0 Å². The van der Waals surface area contributed by atoms with Gasteiger partial charge in [-0.2, -0.15) is 0 Å². The second-order valence-electron chi connectivity index (χ2n) is 7.86. The Morgan fingerprint density at radius 1 is 0.667 bits per heavy atom. The second kappa shape index (κ2) is 14.4. The van der Waals surface area contributed by atoms with Crippen LogP contribution in [-0.4, -0.2) is 155 Å². The van der Waals surface area contributed by atoms with E-state index in [0.717, 1.165) is 0 Å². The highest BCUT2D eigenvalue weighted by Gasteiger charge is 2.28. The molecule has 0 aromatic carbocycles. The molecule has 14 heteroatoms. The fraction of sp³-hybridized carbons (Fsp3) is 0.737. The molecule has 1 aliphatic rings. The third-order valence-corrected chi connectivity index (χ3v) is 5.27. The predicted molar refractivity (Wildman–Crippen MR) is 114 cm³/mol. The van der Waals surface area contributed by atoms with E-state index in [0.29, 0.717) is 0 Å². The van der Waals surface area contributed by atoms with E-state index in [1.165, 1.54) is 11.9 Å². The highest BCUT2D eigenvalue weighted by molar-refractivity contribution is 5.76. The van der Waals surface area contributed by atoms with Gasteiger partial charge in [0, 0.05) is 65.3 Å². The number of hydrogen-bond acceptors (Lipinski definition) is 9. The van der Waals surface area contributed by atoms with Gasteiger partial charge < -0.3 is 25.7 Å². The molecule has 1 rings (SSSR count). The molecule has 33 heavy (non-hydrogen) atoms. The zero-order chi connectivity index (χ0) is 25.0. The van der Waals surface area contributed by atoms with Crippen LogP contribution in [0.25, 0.3) is 0 Å². The molecule has 1 amide bonds. The Balaban J connectivity index is 3.24. The Morgan fingerprint density at radius 3 is 1.48 bits per heavy atom. The highest BCUT2D eigenvalue weighted by atomic mass is 16.4. The van der Waals surface area contributed by atoms with Crippen LogP contribution in [0.5, 0.6) is 0 Å². The van der Waals surface area contributed by atoms with E-state index in [1.54, 1.807) is 14.7 Å². The van der Waals surface area contributed by atoms with Crippen molar-refractivity contribution < 1.29 is 44.4 Å². The molecule has 0 spiro atoms. The summed E-state index contributed by atoms with van der Waals surface area (Å²) < 4.78 is 0. The normalized spacial score (nSPS) is 20.3. The maximum absolute atomic E-state index is 12.1. The summed E-state index contributed by atoms with van der Waals surface area (Å²) in [6.07, 6.45) is -0.0856. The van der Waals surface area contributed by atoms with Gasteiger partial charge in [-0.25, -0.2) is 0 Å². The van der Waals surface area contributed by atoms with E-state index in [1.807, 2.05) is 0 Å². The van der Waals surface area contributed by atoms with Crippen molar-refractivity contribution in [1.82, 2.24) is 24.9 Å². The molecule has 1 fully saturated rings. The largest absolute Gasteiger partial charge is 0.480 e. The molecule has 5 N–H and O–H groups in total. The van der Waals surface area contributed by atoms with Crippen LogP contribution in [0.15, 0.2) is 0 Å². The molecule has 0 aromatic heterocycles. The lowest BCUT2D eigenvalue weighted by atomic mass is 10.1. The molecule has 1 heterocycles. The summed E-state index contributed by atoms with van der Waals surface area (Å²) >= 11 is 0. The molecule has 1 unspecified atom stereocenters. The molecule has 0 aromatic rings. The van der Waals surface area contributed by atoms with E-state index >= 15 is 0 Å². The Labute approximate surface area is 191 Å². The Bertz CT molecular complexity index is 705. The van der Waals surface area contributed by atoms with Gasteiger partial charge in [0.2, 0.25) is 5.91 Å². The van der Waals surface area contributed by atoms with Crippen LogP contribution in [0.4, 0.5) is 0 Å². The summed E-state index contributed by atoms with van der Waals surface area (Å²) in [6, 6.07) is -0.653. The minimum atomic E-state index is -1.13. The predicted octanol–water partition coefficient (Wildman–Crippen LogP) is -2.95. The number of carbonyl (C=O) groups excluding carboxylic acids is 1. The monoisotopic (exact) mass is 475 g/mol. The number of aliphatic carboxylic acids is 4. The maximum atomic E-state index is 12.1. The number of carboxylic acids is 4. The first-order valence-electron chi connectivity index (χ1n) is 10.5. The Kier molecular flexibility index (Phi) is 12.3. The summed E-state index contributed by atoms with van der Waals surface area (Å²) in [6.45, 7) is -0.193. The first kappa shape index (κ1) is 28.2. The number of amides is 1. The number of carboxylic acid groups (broad SMARTS) is 4. The van der Waals surface area contributed by atoms with E-state index in [4.69, 9.17) is 0 Å². The van der Waals surface area contributed by atoms with Crippen LogP contribution in [0.3, 0.4) is 0 Å². The van der Waals surface area contributed by atoms with Crippen molar-refractivity contribution in [3.63, 3.8) is 0 Å². The summed E-state index contributed by atoms with van der Waals surface area (Å²) in [5, 5.41) is 39.6. The van der Waals surface area contributed by atoms with Crippen molar-refractivity contribution in [2.45, 2.75) is 12.5 Å². The summed E-state index contributed by atoms with van der Waals surface area (Å²) in [4.78, 5) is 63.8. The molecule has 0 aliphatic carbocycles. The quantitative estimate of drug-likeness (QED) is 0.216. The fourth-order valence-corrected chi connectivity index (χ4v) is 3.67. The van der Waals surface area contributed by atoms with Crippen LogP contribution < -0.4 is 5.32 Å². The van der Waals surface area contributed by atoms with Gasteiger partial charge in [-0.1, -0.05) is 0 Å². The lowest BCUT2D eigenvalue weighted by molar-refractivity contribution is -0.142. The number of hydrogen-bond donors (Lipinski definition) is 5. The average molecular weight is 475 g/mol. The van der Waals surface area contributed by atoms with Crippen LogP contribution in [0, 0.1) is 0 Å². The van der Waals surface area contributed by atoms with Gasteiger partial charge in [0.05, 0.1) is 26.2 Å². The van der Waals surface area contributed by atoms with Crippen LogP contribution >= 0.6 is 0 Å². The van der Waals surface area contributed by atoms with Gasteiger partial charge in [0.1, 0.15) is 0 Å². The van der Waals surface area contributed by atoms with E-state index in [2.05, 4.69) is 5.32 Å². The number of carbonyl (C=O) groups is 5. The van der Waals surface area contributed by atoms with Gasteiger partial charge in [0.15, 0.2) is 0 Å². The number of nitrogens with one attached hydrogen (secondary N) is 1. The fourth-order valence-electron chi connectivity index (χ4n) is 3.67. The molecule has 0 radical (unpaired) electrons. The van der Waals surface area contributed by atoms with Crippen molar-refractivity contribution in [3.05, 3.63) is 0 Å². The molecule has 1 saturated heterocycles. The standard InChI is InChI=1S/C19H33N5O9/c1-20-15(25)8-14-9-23(12-18(30)31)5-4-21(10-16(26)27)2-3-22(11-17(28)29)6-7-24(14)13-19(32)33/h14H,2-13H2,1H3,(H,20,25)(H,26,27)(H,28,29)(H,30,31)(H,32,33). The van der Waals surface area contributed by atoms with Gasteiger partial charge in [-0.15, -0.1) is 0 Å². The molecule has 0 bridgehead atoms. The second-order valence-corrected chi connectivity index (χ2v) is 7.86. The molecule has 1 aliphatic heterocycles. The molecule has 1 atom stereocenters. The average Bonchev–Trinajstić information content (AvgIpc) is 2.69. The molecule has 0 saturated carbocycles. The molecular formula is C19H33N5O9. The minimum absolute atomic E-state index is 0.0623. The first-order valence-corrected chi connectivity index (χ1v) is 10.5. The van der Waals surface area contributed by atoms with Crippen LogP contribution in [0.2, 0.25) is 0 Å². The lowest BCUT2D eigenvalue weighted by Gasteiger charge is -2.37. The zero-order valence-corrected chi connectivity index (χ0v) is 18.7. The van der Waals surface area contributed by atoms with E-state index in [-0.39, 0.29) is 77.8 Å². The van der Waals surface area contributed by atoms with Gasteiger partial charge in [-0.3, -0.25) is 43.6 Å². The smallest absolute Gasteiger partial charge is 0.317 e. The highest BCUT2D eigenvalue weighted by Crippen LogP contribution is 2.10. The molecule has 188 valence electrons. The van der Waals surface area contributed by atoms with Crippen molar-refractivity contribution in [2.75, 3.05) is 79.0 Å². The Hall–Kier alpha value is -2.81.